The van der Waals surface area contributed by atoms with E-state index in [1.165, 1.54) is 58.2 Å². The number of rotatable bonds is 17. The van der Waals surface area contributed by atoms with E-state index in [2.05, 4.69) is 25.7 Å². The van der Waals surface area contributed by atoms with E-state index in [0.29, 0.717) is 0 Å². The molecule has 0 rings (SSSR count). The highest BCUT2D eigenvalue weighted by molar-refractivity contribution is 4.59. The summed E-state index contributed by atoms with van der Waals surface area (Å²) in [6.45, 7) is 13.4. The Hall–Kier alpha value is -0.120. The van der Waals surface area contributed by atoms with Crippen LogP contribution in [-0.2, 0) is 9.47 Å². The first-order chi connectivity index (χ1) is 10.3. The van der Waals surface area contributed by atoms with Gasteiger partial charge in [-0.1, -0.05) is 39.0 Å². The first kappa shape index (κ1) is 20.9. The van der Waals surface area contributed by atoms with Crippen LogP contribution >= 0.6 is 0 Å². The molecule has 0 bridgehead atoms. The van der Waals surface area contributed by atoms with Gasteiger partial charge >= 0.3 is 0 Å². The van der Waals surface area contributed by atoms with Crippen molar-refractivity contribution in [3.63, 3.8) is 0 Å². The fourth-order valence-electron chi connectivity index (χ4n) is 2.52. The maximum Gasteiger partial charge on any atom is 0.0478 e. The van der Waals surface area contributed by atoms with E-state index in [1.807, 2.05) is 0 Å². The predicted molar refractivity (Wildman–Crippen MR) is 92.0 cm³/mol. The summed E-state index contributed by atoms with van der Waals surface area (Å²) in [6, 6.07) is 0. The number of nitrogens with zero attached hydrogens (tertiary/aromatic N) is 1. The summed E-state index contributed by atoms with van der Waals surface area (Å²) in [5.41, 5.74) is 0. The average molecular weight is 302 g/mol. The lowest BCUT2D eigenvalue weighted by molar-refractivity contribution is 0.117. The Morgan fingerprint density at radius 3 is 1.57 bits per heavy atom. The normalized spacial score (nSPS) is 11.4. The molecule has 0 amide bonds. The van der Waals surface area contributed by atoms with Crippen LogP contribution in [0.3, 0.4) is 0 Å². The Kier molecular flexibility index (Phi) is 17.8. The van der Waals surface area contributed by atoms with Gasteiger partial charge in [0.2, 0.25) is 0 Å². The molecular formula is C18H39NO2. The molecule has 0 N–H and O–H groups in total. The zero-order valence-electron chi connectivity index (χ0n) is 14.9. The zero-order valence-corrected chi connectivity index (χ0v) is 14.9. The minimum atomic E-state index is 0.835. The van der Waals surface area contributed by atoms with Gasteiger partial charge in [0.25, 0.3) is 0 Å². The fraction of sp³-hybridized carbons (Fsp3) is 1.00. The summed E-state index contributed by atoms with van der Waals surface area (Å²) in [7, 11) is 0. The van der Waals surface area contributed by atoms with Gasteiger partial charge in [0, 0.05) is 39.5 Å². The number of ether oxygens (including phenoxy) is 2. The molecule has 0 atom stereocenters. The van der Waals surface area contributed by atoms with E-state index < -0.39 is 0 Å². The Morgan fingerprint density at radius 2 is 1.05 bits per heavy atom. The van der Waals surface area contributed by atoms with Crippen LogP contribution in [0.2, 0.25) is 0 Å². The number of unbranched alkanes of at least 4 members (excludes halogenated alkanes) is 5. The summed E-state index contributed by atoms with van der Waals surface area (Å²) < 4.78 is 10.9. The van der Waals surface area contributed by atoms with E-state index in [9.17, 15) is 0 Å². The van der Waals surface area contributed by atoms with Crippen LogP contribution in [0.5, 0.6) is 0 Å². The van der Waals surface area contributed by atoms with Gasteiger partial charge in [0.1, 0.15) is 0 Å². The predicted octanol–water partition coefficient (Wildman–Crippen LogP) is 4.50. The standard InChI is InChI=1S/C18H39NO2/c1-4-7-8-9-10-11-14-19(15-12-17-20-5-2)16-13-18-21-6-3/h4-18H2,1-3H3. The Bertz CT molecular complexity index is 176. The number of hydrogen-bond donors (Lipinski definition) is 0. The number of hydrogen-bond acceptors (Lipinski definition) is 3. The molecule has 0 heterocycles. The molecule has 0 spiro atoms. The lowest BCUT2D eigenvalue weighted by atomic mass is 10.1. The molecule has 128 valence electrons. The molecule has 0 aliphatic carbocycles. The van der Waals surface area contributed by atoms with Gasteiger partial charge in [-0.15, -0.1) is 0 Å². The molecule has 0 saturated carbocycles. The van der Waals surface area contributed by atoms with Crippen LogP contribution in [0.4, 0.5) is 0 Å². The Labute approximate surface area is 133 Å². The summed E-state index contributed by atoms with van der Waals surface area (Å²) >= 11 is 0. The van der Waals surface area contributed by atoms with Crippen molar-refractivity contribution in [3.05, 3.63) is 0 Å². The van der Waals surface area contributed by atoms with Gasteiger partial charge in [0.15, 0.2) is 0 Å². The average Bonchev–Trinajstić information content (AvgIpc) is 2.50. The summed E-state index contributed by atoms with van der Waals surface area (Å²) in [5, 5.41) is 0. The van der Waals surface area contributed by atoms with Gasteiger partial charge < -0.3 is 14.4 Å². The van der Waals surface area contributed by atoms with Crippen LogP contribution in [0, 0.1) is 0 Å². The van der Waals surface area contributed by atoms with Crippen LogP contribution in [0.1, 0.15) is 72.1 Å². The second-order valence-corrected chi connectivity index (χ2v) is 5.71. The molecule has 3 heteroatoms. The van der Waals surface area contributed by atoms with E-state index >= 15 is 0 Å². The second kappa shape index (κ2) is 17.9. The SMILES string of the molecule is CCCCCCCCN(CCCOCC)CCCOCC. The lowest BCUT2D eigenvalue weighted by Gasteiger charge is -2.22. The Morgan fingerprint density at radius 1 is 0.571 bits per heavy atom. The van der Waals surface area contributed by atoms with Gasteiger partial charge in [-0.2, -0.15) is 0 Å². The maximum atomic E-state index is 5.45. The van der Waals surface area contributed by atoms with Crippen molar-refractivity contribution in [1.29, 1.82) is 0 Å². The molecule has 0 aliphatic heterocycles. The summed E-state index contributed by atoms with van der Waals surface area (Å²) in [6.07, 6.45) is 10.6. The van der Waals surface area contributed by atoms with Gasteiger partial charge in [-0.05, 0) is 39.7 Å². The lowest BCUT2D eigenvalue weighted by Crippen LogP contribution is -2.28. The molecular weight excluding hydrogens is 262 g/mol. The Balaban J connectivity index is 3.67. The third kappa shape index (κ3) is 16.1. The van der Waals surface area contributed by atoms with Crippen LogP contribution < -0.4 is 0 Å². The highest BCUT2D eigenvalue weighted by Gasteiger charge is 2.04. The molecule has 0 aromatic heterocycles. The minimum absolute atomic E-state index is 0.835. The smallest absolute Gasteiger partial charge is 0.0478 e. The molecule has 3 nitrogen and oxygen atoms in total. The zero-order chi connectivity index (χ0) is 15.6. The summed E-state index contributed by atoms with van der Waals surface area (Å²) in [5.74, 6) is 0. The molecule has 0 unspecified atom stereocenters. The van der Waals surface area contributed by atoms with Crippen molar-refractivity contribution < 1.29 is 9.47 Å². The molecule has 21 heavy (non-hydrogen) atoms. The van der Waals surface area contributed by atoms with Crippen molar-refractivity contribution in [2.45, 2.75) is 72.1 Å². The quantitative estimate of drug-likeness (QED) is 0.369. The highest BCUT2D eigenvalue weighted by atomic mass is 16.5. The van der Waals surface area contributed by atoms with Crippen LogP contribution in [0.25, 0.3) is 0 Å². The largest absolute Gasteiger partial charge is 0.382 e. The summed E-state index contributed by atoms with van der Waals surface area (Å²) in [4.78, 5) is 2.60. The first-order valence-electron chi connectivity index (χ1n) is 9.22. The van der Waals surface area contributed by atoms with Crippen molar-refractivity contribution in [3.8, 4) is 0 Å². The highest BCUT2D eigenvalue weighted by Crippen LogP contribution is 2.07. The van der Waals surface area contributed by atoms with E-state index in [1.54, 1.807) is 0 Å². The molecule has 0 aromatic rings. The van der Waals surface area contributed by atoms with Gasteiger partial charge in [-0.3, -0.25) is 0 Å². The molecule has 0 fully saturated rings. The minimum Gasteiger partial charge on any atom is -0.382 e. The third-order valence-corrected chi connectivity index (χ3v) is 3.76. The molecule has 0 radical (unpaired) electrons. The maximum absolute atomic E-state index is 5.45. The molecule has 0 aliphatic rings. The van der Waals surface area contributed by atoms with Crippen molar-refractivity contribution >= 4 is 0 Å². The first-order valence-corrected chi connectivity index (χ1v) is 9.22. The topological polar surface area (TPSA) is 21.7 Å². The van der Waals surface area contributed by atoms with Crippen LogP contribution in [0.15, 0.2) is 0 Å². The van der Waals surface area contributed by atoms with Gasteiger partial charge in [-0.25, -0.2) is 0 Å². The van der Waals surface area contributed by atoms with Crippen molar-refractivity contribution in [2.24, 2.45) is 0 Å². The second-order valence-electron chi connectivity index (χ2n) is 5.71. The van der Waals surface area contributed by atoms with E-state index in [-0.39, 0.29) is 0 Å². The van der Waals surface area contributed by atoms with Crippen LogP contribution in [-0.4, -0.2) is 51.0 Å². The van der Waals surface area contributed by atoms with E-state index in [0.717, 1.165) is 39.3 Å². The third-order valence-electron chi connectivity index (χ3n) is 3.76. The van der Waals surface area contributed by atoms with E-state index in [4.69, 9.17) is 9.47 Å². The fourth-order valence-corrected chi connectivity index (χ4v) is 2.52. The molecule has 0 aromatic carbocycles. The monoisotopic (exact) mass is 301 g/mol. The van der Waals surface area contributed by atoms with Crippen molar-refractivity contribution in [1.82, 2.24) is 4.90 Å². The van der Waals surface area contributed by atoms with Crippen molar-refractivity contribution in [2.75, 3.05) is 46.1 Å². The van der Waals surface area contributed by atoms with Gasteiger partial charge in [0.05, 0.1) is 0 Å². The molecule has 0 saturated heterocycles.